The van der Waals surface area contributed by atoms with E-state index in [1.54, 1.807) is 18.2 Å². The van der Waals surface area contributed by atoms with Crippen molar-refractivity contribution >= 4 is 145 Å². The van der Waals surface area contributed by atoms with Crippen LogP contribution in [0.5, 0.6) is 0 Å². The molecule has 0 aliphatic carbocycles. The fourth-order valence-corrected chi connectivity index (χ4v) is 5.28. The molecule has 4 N–H and O–H groups in total. The first kappa shape index (κ1) is 45.5. The quantitative estimate of drug-likeness (QED) is 0.113. The Morgan fingerprint density at radius 2 is 0.872 bits per heavy atom. The molecule has 2 aromatic heterocycles. The Labute approximate surface area is 344 Å². The van der Waals surface area contributed by atoms with E-state index in [2.05, 4.69) is 15.3 Å². The number of hydrogen-bond acceptors (Lipinski definition) is 9. The van der Waals surface area contributed by atoms with E-state index in [4.69, 9.17) is 149 Å². The first-order valence-corrected chi connectivity index (χ1v) is 15.1. The van der Waals surface area contributed by atoms with E-state index in [1.807, 2.05) is 12.1 Å². The second-order valence-electron chi connectivity index (χ2n) is 7.67. The maximum Gasteiger partial charge on any atom is 1.00 e. The molecular weight excluding hydrogens is 853 g/mol. The summed E-state index contributed by atoms with van der Waals surface area (Å²) >= 11 is 63.7. The molecule has 0 saturated carbocycles. The van der Waals surface area contributed by atoms with Crippen LogP contribution in [0.2, 0.25) is 55.5 Å². The maximum absolute atomic E-state index is 9.26. The summed E-state index contributed by atoms with van der Waals surface area (Å²) in [5.41, 5.74) is 6.02. The summed E-state index contributed by atoms with van der Waals surface area (Å²) in [5.74, 6) is 0. The van der Waals surface area contributed by atoms with Crippen LogP contribution in [-0.4, -0.2) is 15.4 Å². The van der Waals surface area contributed by atoms with Crippen molar-refractivity contribution < 1.29 is 35.0 Å². The fraction of sp³-hybridized carbons (Fsp3) is 0. The van der Waals surface area contributed by atoms with Gasteiger partial charge in [-0.3, -0.25) is 0 Å². The SMILES string of the molecule is N#Cc1c(Cl)c(Cl)c(C#N)c(Cl)c1Cl.N#Cc1c(Cl)c(Cl)c(C#N)c(Nc2cc(Cl)cnc2Cl)c1Cl.Nc1cc(Cl)cnc1Cl.[Na+].[OH-]. The molecule has 0 radical (unpaired) electrons. The Bertz CT molecular complexity index is 1910. The van der Waals surface area contributed by atoms with Gasteiger partial charge in [-0.05, 0) is 12.1 Å². The standard InChI is InChI=1S/C13H3Cl5N4.C8Cl4N2.C5H4Cl2N2.Na.H2O/c14-5-1-8(13(18)21-4-5)22-12-7(3-20)10(16)9(15)6(2-19)11(12)17;9-5-3(1-13)6(10)8(12)4(2-14)7(5)11;6-3-1-4(8)5(7)9-2-3;;/h1,4,22H;;1-2H,8H2;;1H2/q;;;+1;/p-1. The van der Waals surface area contributed by atoms with Crippen molar-refractivity contribution in [1.82, 2.24) is 9.97 Å². The van der Waals surface area contributed by atoms with E-state index in [9.17, 15) is 5.26 Å². The number of nitrogens with one attached hydrogen (secondary N) is 1. The number of anilines is 3. The minimum Gasteiger partial charge on any atom is -0.870 e. The van der Waals surface area contributed by atoms with E-state index in [1.165, 1.54) is 18.5 Å². The number of rotatable bonds is 2. The predicted octanol–water partition coefficient (Wildman–Crippen LogP) is 8.68. The second-order valence-corrected chi connectivity index (χ2v) is 11.9. The van der Waals surface area contributed by atoms with E-state index in [0.29, 0.717) is 26.6 Å². The molecule has 0 atom stereocenters. The molecule has 0 aliphatic rings. The van der Waals surface area contributed by atoms with Crippen molar-refractivity contribution in [2.45, 2.75) is 0 Å². The van der Waals surface area contributed by atoms with E-state index >= 15 is 0 Å². The maximum atomic E-state index is 9.26. The van der Waals surface area contributed by atoms with Gasteiger partial charge in [0.1, 0.15) is 24.3 Å². The molecule has 0 unspecified atom stereocenters. The van der Waals surface area contributed by atoms with Crippen molar-refractivity contribution in [3.63, 3.8) is 0 Å². The zero-order valence-corrected chi connectivity index (χ0v) is 33.0. The number of benzene rings is 2. The van der Waals surface area contributed by atoms with Crippen LogP contribution >= 0.6 is 128 Å². The molecule has 2 heterocycles. The summed E-state index contributed by atoms with van der Waals surface area (Å²) in [6.45, 7) is 0. The number of nitriles is 4. The number of nitrogens with two attached hydrogens (primary N) is 1. The first-order valence-electron chi connectivity index (χ1n) is 11.0. The molecule has 236 valence electrons. The van der Waals surface area contributed by atoms with Crippen molar-refractivity contribution in [1.29, 1.82) is 21.0 Å². The number of pyridine rings is 2. The molecule has 0 amide bonds. The van der Waals surface area contributed by atoms with Gasteiger partial charge in [-0.2, -0.15) is 21.0 Å². The Morgan fingerprint density at radius 1 is 0.532 bits per heavy atom. The van der Waals surface area contributed by atoms with Gasteiger partial charge in [-0.25, -0.2) is 9.97 Å². The van der Waals surface area contributed by atoms with Crippen molar-refractivity contribution in [3.8, 4) is 24.3 Å². The molecular formula is C26H8Cl11N8NaO. The van der Waals surface area contributed by atoms with Crippen LogP contribution in [0, 0.1) is 45.3 Å². The summed E-state index contributed by atoms with van der Waals surface area (Å²) in [7, 11) is 0. The van der Waals surface area contributed by atoms with E-state index < -0.39 is 0 Å². The zero-order chi connectivity index (χ0) is 34.2. The molecule has 0 aliphatic heterocycles. The van der Waals surface area contributed by atoms with E-state index in [0.717, 1.165) is 0 Å². The predicted molar refractivity (Wildman–Crippen MR) is 185 cm³/mol. The van der Waals surface area contributed by atoms with Gasteiger partial charge in [-0.1, -0.05) is 128 Å². The van der Waals surface area contributed by atoms with Gasteiger partial charge in [0, 0.05) is 12.4 Å². The van der Waals surface area contributed by atoms with Gasteiger partial charge in [0.25, 0.3) is 0 Å². The monoisotopic (exact) mass is 856 g/mol. The third kappa shape index (κ3) is 11.2. The minimum atomic E-state index is -0.0911. The van der Waals surface area contributed by atoms with Gasteiger partial charge < -0.3 is 16.5 Å². The third-order valence-corrected chi connectivity index (χ3v) is 8.90. The topological polar surface area (TPSA) is 189 Å². The number of nitrogens with zero attached hydrogens (tertiary/aromatic N) is 6. The summed E-state index contributed by atoms with van der Waals surface area (Å²) in [6, 6.07) is 10.3. The molecule has 0 fully saturated rings. The summed E-state index contributed by atoms with van der Waals surface area (Å²) in [4.78, 5) is 7.55. The van der Waals surface area contributed by atoms with Gasteiger partial charge in [0.2, 0.25) is 0 Å². The summed E-state index contributed by atoms with van der Waals surface area (Å²) < 4.78 is 0. The van der Waals surface area contributed by atoms with Crippen LogP contribution in [0.3, 0.4) is 0 Å². The summed E-state index contributed by atoms with van der Waals surface area (Å²) in [6.07, 6.45) is 2.80. The molecule has 21 heteroatoms. The average Bonchev–Trinajstić information content (AvgIpc) is 3.00. The summed E-state index contributed by atoms with van der Waals surface area (Å²) in [5, 5.41) is 39.4. The number of halogens is 11. The molecule has 0 spiro atoms. The number of nitrogen functional groups attached to an aromatic ring is 1. The van der Waals surface area contributed by atoms with Crippen molar-refractivity contribution in [3.05, 3.63) is 102 Å². The Morgan fingerprint density at radius 3 is 1.23 bits per heavy atom. The minimum absolute atomic E-state index is 0. The van der Waals surface area contributed by atoms with Crippen LogP contribution < -0.4 is 40.6 Å². The largest absolute Gasteiger partial charge is 1.00 e. The van der Waals surface area contributed by atoms with E-state index in [-0.39, 0.29) is 103 Å². The molecule has 4 rings (SSSR count). The molecule has 0 saturated heterocycles. The molecule has 0 bridgehead atoms. The molecule has 9 nitrogen and oxygen atoms in total. The second kappa shape index (κ2) is 20.8. The van der Waals surface area contributed by atoms with Crippen LogP contribution in [0.1, 0.15) is 22.3 Å². The van der Waals surface area contributed by atoms with Gasteiger partial charge >= 0.3 is 29.6 Å². The van der Waals surface area contributed by atoms with Crippen molar-refractivity contribution in [2.24, 2.45) is 0 Å². The van der Waals surface area contributed by atoms with Gasteiger partial charge in [-0.15, -0.1) is 0 Å². The smallest absolute Gasteiger partial charge is 0.870 e. The third-order valence-electron chi connectivity index (χ3n) is 4.93. The van der Waals surface area contributed by atoms with Crippen LogP contribution in [0.25, 0.3) is 0 Å². The van der Waals surface area contributed by atoms with Crippen molar-refractivity contribution in [2.75, 3.05) is 11.1 Å². The number of hydrogen-bond donors (Lipinski definition) is 2. The number of aromatic nitrogens is 2. The Balaban J connectivity index is 0.000000727. The first-order chi connectivity index (χ1) is 21.1. The van der Waals surface area contributed by atoms with Gasteiger partial charge in [0.05, 0.1) is 84.5 Å². The molecule has 47 heavy (non-hydrogen) atoms. The Hall–Kier alpha value is -1.55. The zero-order valence-electron chi connectivity index (χ0n) is 22.7. The Kier molecular flexibility index (Phi) is 20.2. The molecule has 2 aromatic carbocycles. The van der Waals surface area contributed by atoms with Crippen LogP contribution in [-0.2, 0) is 0 Å². The van der Waals surface area contributed by atoms with Crippen LogP contribution in [0.4, 0.5) is 17.1 Å². The van der Waals surface area contributed by atoms with Gasteiger partial charge in [0.15, 0.2) is 10.3 Å². The van der Waals surface area contributed by atoms with Crippen LogP contribution in [0.15, 0.2) is 24.5 Å². The normalized spacial score (nSPS) is 9.26. The average molecular weight is 861 g/mol. The molecule has 4 aromatic rings. The fourth-order valence-electron chi connectivity index (χ4n) is 2.89.